The zero-order valence-electron chi connectivity index (χ0n) is 18.5. The van der Waals surface area contributed by atoms with Gasteiger partial charge in [-0.05, 0) is 67.6 Å². The van der Waals surface area contributed by atoms with Crippen molar-refractivity contribution < 1.29 is 18.7 Å². The van der Waals surface area contributed by atoms with Crippen LogP contribution in [0.15, 0.2) is 36.4 Å². The van der Waals surface area contributed by atoms with E-state index in [0.717, 1.165) is 38.3 Å². The van der Waals surface area contributed by atoms with Crippen molar-refractivity contribution in [2.75, 3.05) is 26.9 Å². The Kier molecular flexibility index (Phi) is 6.58. The van der Waals surface area contributed by atoms with Crippen LogP contribution in [-0.4, -0.2) is 49.8 Å². The van der Waals surface area contributed by atoms with Gasteiger partial charge in [-0.1, -0.05) is 12.1 Å². The first-order chi connectivity index (χ1) is 15.0. The van der Waals surface area contributed by atoms with Crippen molar-refractivity contribution in [2.45, 2.75) is 45.3 Å². The largest absolute Gasteiger partial charge is 0.496 e. The smallest absolute Gasteiger partial charge is 0.251 e. The molecule has 2 saturated heterocycles. The lowest BCUT2D eigenvalue weighted by atomic mass is 9.95. The van der Waals surface area contributed by atoms with Crippen molar-refractivity contribution >= 4 is 5.91 Å². The molecule has 5 nitrogen and oxygen atoms in total. The van der Waals surface area contributed by atoms with Crippen LogP contribution in [0.5, 0.6) is 5.75 Å². The molecule has 2 aromatic rings. The minimum atomic E-state index is -0.394. The van der Waals surface area contributed by atoms with Gasteiger partial charge in [-0.2, -0.15) is 0 Å². The minimum absolute atomic E-state index is 0.0497. The molecule has 3 unspecified atom stereocenters. The summed E-state index contributed by atoms with van der Waals surface area (Å²) in [6, 6.07) is 10.4. The van der Waals surface area contributed by atoms with E-state index in [9.17, 15) is 9.18 Å². The van der Waals surface area contributed by atoms with Crippen LogP contribution in [0.3, 0.4) is 0 Å². The number of likely N-dealkylation sites (tertiary alicyclic amines) is 1. The standard InChI is InChI=1S/C25H31FN2O3/c1-16-17(2)24(30-3)8-7-19(16)13-28-10-9-22(12-20-14-31-15-23(20)28)27-25(29)18-5-4-6-21(26)11-18/h4-8,11,20,22-23H,9-10,12-15H2,1-3H3,(H,27,29). The van der Waals surface area contributed by atoms with E-state index in [-0.39, 0.29) is 11.9 Å². The summed E-state index contributed by atoms with van der Waals surface area (Å²) in [6.45, 7) is 7.42. The van der Waals surface area contributed by atoms with Crippen molar-refractivity contribution in [3.63, 3.8) is 0 Å². The molecule has 0 aliphatic carbocycles. The molecule has 2 aliphatic rings. The minimum Gasteiger partial charge on any atom is -0.496 e. The summed E-state index contributed by atoms with van der Waals surface area (Å²) < 4.78 is 24.8. The highest BCUT2D eigenvalue weighted by Crippen LogP contribution is 2.32. The molecule has 3 atom stereocenters. The second-order valence-corrected chi connectivity index (χ2v) is 8.72. The number of fused-ring (bicyclic) bond motifs is 1. The fourth-order valence-electron chi connectivity index (χ4n) is 4.88. The Balaban J connectivity index is 1.47. The Hall–Kier alpha value is -2.44. The molecule has 2 aliphatic heterocycles. The molecule has 2 aromatic carbocycles. The molecule has 166 valence electrons. The first-order valence-corrected chi connectivity index (χ1v) is 11.0. The number of benzene rings is 2. The molecule has 2 heterocycles. The highest BCUT2D eigenvalue weighted by Gasteiger charge is 2.38. The monoisotopic (exact) mass is 426 g/mol. The third-order valence-corrected chi connectivity index (χ3v) is 6.85. The molecule has 6 heteroatoms. The van der Waals surface area contributed by atoms with E-state index in [0.29, 0.717) is 24.1 Å². The van der Waals surface area contributed by atoms with Gasteiger partial charge in [-0.15, -0.1) is 0 Å². The predicted molar refractivity (Wildman–Crippen MR) is 118 cm³/mol. The van der Waals surface area contributed by atoms with Gasteiger partial charge < -0.3 is 14.8 Å². The van der Waals surface area contributed by atoms with Gasteiger partial charge in [0.05, 0.1) is 20.3 Å². The van der Waals surface area contributed by atoms with Gasteiger partial charge in [0, 0.05) is 36.7 Å². The molecule has 0 saturated carbocycles. The second kappa shape index (κ2) is 9.37. The summed E-state index contributed by atoms with van der Waals surface area (Å²) in [4.78, 5) is 15.2. The van der Waals surface area contributed by atoms with Crippen molar-refractivity contribution in [2.24, 2.45) is 5.92 Å². The van der Waals surface area contributed by atoms with Crippen LogP contribution < -0.4 is 10.1 Å². The predicted octanol–water partition coefficient (Wildman–Crippen LogP) is 3.86. The summed E-state index contributed by atoms with van der Waals surface area (Å²) in [5.41, 5.74) is 4.10. The Morgan fingerprint density at radius 1 is 1.23 bits per heavy atom. The quantitative estimate of drug-likeness (QED) is 0.789. The maximum Gasteiger partial charge on any atom is 0.251 e. The lowest BCUT2D eigenvalue weighted by Crippen LogP contribution is -2.39. The maximum absolute atomic E-state index is 13.5. The molecule has 0 bridgehead atoms. The summed E-state index contributed by atoms with van der Waals surface area (Å²) in [5.74, 6) is 0.684. The Labute approximate surface area is 183 Å². The number of carbonyl (C=O) groups excluding carboxylic acids is 1. The number of hydrogen-bond donors (Lipinski definition) is 1. The first-order valence-electron chi connectivity index (χ1n) is 11.0. The van der Waals surface area contributed by atoms with E-state index in [1.165, 1.54) is 28.8 Å². The number of methoxy groups -OCH3 is 1. The van der Waals surface area contributed by atoms with Crippen LogP contribution in [0.4, 0.5) is 4.39 Å². The van der Waals surface area contributed by atoms with Crippen LogP contribution >= 0.6 is 0 Å². The Morgan fingerprint density at radius 2 is 2.06 bits per heavy atom. The third kappa shape index (κ3) is 4.75. The average Bonchev–Trinajstić information content (AvgIpc) is 3.15. The van der Waals surface area contributed by atoms with Crippen LogP contribution in [0.2, 0.25) is 0 Å². The van der Waals surface area contributed by atoms with E-state index in [4.69, 9.17) is 9.47 Å². The number of carbonyl (C=O) groups is 1. The van der Waals surface area contributed by atoms with Crippen molar-refractivity contribution in [1.82, 2.24) is 10.2 Å². The maximum atomic E-state index is 13.5. The number of nitrogens with zero attached hydrogens (tertiary/aromatic N) is 1. The van der Waals surface area contributed by atoms with Crippen LogP contribution in [0.25, 0.3) is 0 Å². The van der Waals surface area contributed by atoms with Gasteiger partial charge in [0.2, 0.25) is 0 Å². The summed E-state index contributed by atoms with van der Waals surface area (Å²) >= 11 is 0. The topological polar surface area (TPSA) is 50.8 Å². The van der Waals surface area contributed by atoms with Gasteiger partial charge in [0.25, 0.3) is 5.91 Å². The molecule has 0 radical (unpaired) electrons. The van der Waals surface area contributed by atoms with Gasteiger partial charge in [0.15, 0.2) is 0 Å². The third-order valence-electron chi connectivity index (χ3n) is 6.85. The molecule has 1 amide bonds. The summed E-state index contributed by atoms with van der Waals surface area (Å²) in [5, 5.41) is 3.13. The Morgan fingerprint density at radius 3 is 2.84 bits per heavy atom. The van der Waals surface area contributed by atoms with Crippen molar-refractivity contribution in [3.05, 3.63) is 64.5 Å². The van der Waals surface area contributed by atoms with Crippen LogP contribution in [0, 0.1) is 25.6 Å². The van der Waals surface area contributed by atoms with Gasteiger partial charge in [-0.25, -0.2) is 4.39 Å². The van der Waals surface area contributed by atoms with Crippen molar-refractivity contribution in [3.8, 4) is 5.75 Å². The summed E-state index contributed by atoms with van der Waals surface area (Å²) in [6.07, 6.45) is 1.74. The highest BCUT2D eigenvalue weighted by atomic mass is 19.1. The van der Waals surface area contributed by atoms with Crippen LogP contribution in [-0.2, 0) is 11.3 Å². The molecule has 1 N–H and O–H groups in total. The lowest BCUT2D eigenvalue weighted by molar-refractivity contribution is 0.0926. The number of rotatable bonds is 5. The van der Waals surface area contributed by atoms with Crippen molar-refractivity contribution in [1.29, 1.82) is 0 Å². The molecule has 4 rings (SSSR count). The highest BCUT2D eigenvalue weighted by molar-refractivity contribution is 5.94. The van der Waals surface area contributed by atoms with E-state index >= 15 is 0 Å². The van der Waals surface area contributed by atoms with Gasteiger partial charge in [0.1, 0.15) is 11.6 Å². The normalized spacial score (nSPS) is 23.8. The van der Waals surface area contributed by atoms with Gasteiger partial charge >= 0.3 is 0 Å². The fraction of sp³-hybridized carbons (Fsp3) is 0.480. The van der Waals surface area contributed by atoms with E-state index in [1.807, 2.05) is 6.07 Å². The number of nitrogens with one attached hydrogen (secondary N) is 1. The van der Waals surface area contributed by atoms with Crippen LogP contribution in [0.1, 0.15) is 39.9 Å². The Bertz CT molecular complexity index is 948. The average molecular weight is 427 g/mol. The van der Waals surface area contributed by atoms with E-state index < -0.39 is 5.82 Å². The number of halogens is 1. The second-order valence-electron chi connectivity index (χ2n) is 8.72. The number of amides is 1. The molecular weight excluding hydrogens is 395 g/mol. The fourth-order valence-corrected chi connectivity index (χ4v) is 4.88. The zero-order chi connectivity index (χ0) is 22.0. The SMILES string of the molecule is COc1ccc(CN2CCC(NC(=O)c3cccc(F)c3)CC3COCC32)c(C)c1C. The molecule has 31 heavy (non-hydrogen) atoms. The number of hydrogen-bond acceptors (Lipinski definition) is 4. The first kappa shape index (κ1) is 21.8. The van der Waals surface area contributed by atoms with E-state index in [1.54, 1.807) is 19.2 Å². The van der Waals surface area contributed by atoms with E-state index in [2.05, 4.69) is 30.1 Å². The molecular formula is C25H31FN2O3. The number of ether oxygens (including phenoxy) is 2. The molecule has 2 fully saturated rings. The zero-order valence-corrected chi connectivity index (χ0v) is 18.5. The van der Waals surface area contributed by atoms with Gasteiger partial charge in [-0.3, -0.25) is 9.69 Å². The molecule has 0 aromatic heterocycles. The lowest BCUT2D eigenvalue weighted by Gasteiger charge is -2.30. The molecule has 0 spiro atoms. The summed E-state index contributed by atoms with van der Waals surface area (Å²) in [7, 11) is 1.70.